The van der Waals surface area contributed by atoms with Crippen LogP contribution in [-0.2, 0) is 9.53 Å². The first kappa shape index (κ1) is 19.2. The Labute approximate surface area is 155 Å². The van der Waals surface area contributed by atoms with E-state index in [1.165, 1.54) is 77.0 Å². The number of ether oxygens (including phenoxy) is 1. The van der Waals surface area contributed by atoms with Gasteiger partial charge in [-0.25, -0.2) is 0 Å². The van der Waals surface area contributed by atoms with Gasteiger partial charge in [-0.05, 0) is 93.8 Å². The fourth-order valence-electron chi connectivity index (χ4n) is 6.40. The lowest BCUT2D eigenvalue weighted by Crippen LogP contribution is -2.32. The molecule has 2 atom stereocenters. The van der Waals surface area contributed by atoms with Crippen molar-refractivity contribution in [2.45, 2.75) is 110 Å². The highest BCUT2D eigenvalue weighted by Gasteiger charge is 2.35. The van der Waals surface area contributed by atoms with Crippen molar-refractivity contribution in [1.82, 2.24) is 0 Å². The van der Waals surface area contributed by atoms with E-state index in [1.54, 1.807) is 6.92 Å². The lowest BCUT2D eigenvalue weighted by molar-refractivity contribution is -0.149. The van der Waals surface area contributed by atoms with Gasteiger partial charge in [-0.2, -0.15) is 0 Å². The van der Waals surface area contributed by atoms with E-state index in [0.29, 0.717) is 0 Å². The number of carbonyl (C=O) groups excluding carboxylic acids is 1. The van der Waals surface area contributed by atoms with Crippen molar-refractivity contribution in [3.05, 3.63) is 0 Å². The van der Waals surface area contributed by atoms with Crippen LogP contribution >= 0.6 is 0 Å². The molecule has 2 heteroatoms. The molecule has 3 rings (SSSR count). The van der Waals surface area contributed by atoms with E-state index in [1.807, 2.05) is 0 Å². The monoisotopic (exact) mass is 348 g/mol. The summed E-state index contributed by atoms with van der Waals surface area (Å²) in [4.78, 5) is 11.3. The third-order valence-electron chi connectivity index (χ3n) is 7.74. The van der Waals surface area contributed by atoms with Crippen LogP contribution in [-0.4, -0.2) is 12.1 Å². The van der Waals surface area contributed by atoms with Crippen molar-refractivity contribution in [3.8, 4) is 0 Å². The Morgan fingerprint density at radius 2 is 1.36 bits per heavy atom. The summed E-state index contributed by atoms with van der Waals surface area (Å²) in [7, 11) is 0. The van der Waals surface area contributed by atoms with Gasteiger partial charge in [0.15, 0.2) is 0 Å². The Hall–Kier alpha value is -0.530. The maximum Gasteiger partial charge on any atom is 0.302 e. The van der Waals surface area contributed by atoms with Gasteiger partial charge < -0.3 is 4.74 Å². The molecule has 25 heavy (non-hydrogen) atoms. The van der Waals surface area contributed by atoms with Gasteiger partial charge in [0.1, 0.15) is 6.10 Å². The molecule has 0 aliphatic heterocycles. The molecular weight excluding hydrogens is 308 g/mol. The first-order chi connectivity index (χ1) is 12.2. The molecule has 3 saturated carbocycles. The van der Waals surface area contributed by atoms with Gasteiger partial charge in [-0.3, -0.25) is 4.79 Å². The van der Waals surface area contributed by atoms with Crippen LogP contribution in [0.15, 0.2) is 0 Å². The van der Waals surface area contributed by atoms with Crippen molar-refractivity contribution >= 4 is 5.97 Å². The molecule has 3 aliphatic rings. The van der Waals surface area contributed by atoms with Crippen molar-refractivity contribution in [2.75, 3.05) is 0 Å². The second-order valence-electron chi connectivity index (χ2n) is 9.40. The molecule has 0 amide bonds. The molecule has 2 unspecified atom stereocenters. The summed E-state index contributed by atoms with van der Waals surface area (Å²) < 4.78 is 5.52. The Morgan fingerprint density at radius 3 is 1.92 bits per heavy atom. The first-order valence-electron chi connectivity index (χ1n) is 11.3. The van der Waals surface area contributed by atoms with E-state index in [9.17, 15) is 4.79 Å². The molecule has 0 heterocycles. The topological polar surface area (TPSA) is 26.3 Å². The summed E-state index contributed by atoms with van der Waals surface area (Å²) in [5, 5.41) is 0. The fourth-order valence-corrected chi connectivity index (χ4v) is 6.40. The van der Waals surface area contributed by atoms with Gasteiger partial charge in [0.2, 0.25) is 0 Å². The molecule has 0 spiro atoms. The highest BCUT2D eigenvalue weighted by atomic mass is 16.5. The Morgan fingerprint density at radius 1 is 0.800 bits per heavy atom. The van der Waals surface area contributed by atoms with E-state index >= 15 is 0 Å². The maximum absolute atomic E-state index is 11.3. The normalized spacial score (nSPS) is 39.8. The summed E-state index contributed by atoms with van der Waals surface area (Å²) in [5.41, 5.74) is 0. The third-order valence-corrected chi connectivity index (χ3v) is 7.74. The van der Waals surface area contributed by atoms with Gasteiger partial charge in [0.05, 0.1) is 0 Å². The van der Waals surface area contributed by atoms with Crippen LogP contribution in [0.1, 0.15) is 104 Å². The van der Waals surface area contributed by atoms with Crippen LogP contribution in [0.5, 0.6) is 0 Å². The van der Waals surface area contributed by atoms with Crippen molar-refractivity contribution in [3.63, 3.8) is 0 Å². The highest BCUT2D eigenvalue weighted by molar-refractivity contribution is 5.66. The summed E-state index contributed by atoms with van der Waals surface area (Å²) in [6, 6.07) is 0. The van der Waals surface area contributed by atoms with Gasteiger partial charge in [-0.15, -0.1) is 0 Å². The Kier molecular flexibility index (Phi) is 7.25. The molecule has 0 radical (unpaired) electrons. The van der Waals surface area contributed by atoms with Crippen molar-refractivity contribution in [1.29, 1.82) is 0 Å². The summed E-state index contributed by atoms with van der Waals surface area (Å²) in [6.07, 6.45) is 19.8. The first-order valence-corrected chi connectivity index (χ1v) is 11.3. The van der Waals surface area contributed by atoms with Crippen molar-refractivity contribution in [2.24, 2.45) is 29.6 Å². The van der Waals surface area contributed by atoms with Gasteiger partial charge >= 0.3 is 5.97 Å². The van der Waals surface area contributed by atoms with E-state index in [4.69, 9.17) is 4.74 Å². The molecule has 0 aromatic rings. The van der Waals surface area contributed by atoms with E-state index < -0.39 is 0 Å². The van der Waals surface area contributed by atoms with Crippen LogP contribution in [0, 0.1) is 29.6 Å². The van der Waals surface area contributed by atoms with Crippen LogP contribution in [0.25, 0.3) is 0 Å². The minimum Gasteiger partial charge on any atom is -0.463 e. The molecule has 0 N–H and O–H groups in total. The van der Waals surface area contributed by atoms with Gasteiger partial charge in [0, 0.05) is 6.92 Å². The molecule has 0 bridgehead atoms. The Balaban J connectivity index is 1.40. The second-order valence-corrected chi connectivity index (χ2v) is 9.40. The van der Waals surface area contributed by atoms with Crippen molar-refractivity contribution < 1.29 is 9.53 Å². The van der Waals surface area contributed by atoms with E-state index in [2.05, 4.69) is 6.92 Å². The van der Waals surface area contributed by atoms with Crippen LogP contribution in [0.4, 0.5) is 0 Å². The second kappa shape index (κ2) is 9.42. The zero-order valence-electron chi connectivity index (χ0n) is 16.7. The minimum atomic E-state index is -0.0898. The average Bonchev–Trinajstić information content (AvgIpc) is 2.63. The van der Waals surface area contributed by atoms with Gasteiger partial charge in [0.25, 0.3) is 0 Å². The smallest absolute Gasteiger partial charge is 0.302 e. The lowest BCUT2D eigenvalue weighted by atomic mass is 9.65. The number of hydrogen-bond acceptors (Lipinski definition) is 2. The summed E-state index contributed by atoms with van der Waals surface area (Å²) in [5.74, 6) is 4.73. The number of hydrogen-bond donors (Lipinski definition) is 0. The largest absolute Gasteiger partial charge is 0.463 e. The molecule has 0 aromatic heterocycles. The van der Waals surface area contributed by atoms with E-state index in [-0.39, 0.29) is 12.1 Å². The van der Waals surface area contributed by atoms with Crippen LogP contribution < -0.4 is 0 Å². The molecule has 0 aromatic carbocycles. The third kappa shape index (κ3) is 5.47. The standard InChI is InChI=1S/C23H40O2/c1-3-5-18-8-10-19(11-9-18)20-12-14-21(15-13-20)22-6-4-7-23(16-22)25-17(2)24/h18-23H,3-16H2,1-2H3. The van der Waals surface area contributed by atoms with E-state index in [0.717, 1.165) is 42.4 Å². The molecule has 3 aliphatic carbocycles. The summed E-state index contributed by atoms with van der Waals surface area (Å²) >= 11 is 0. The van der Waals surface area contributed by atoms with Crippen LogP contribution in [0.3, 0.4) is 0 Å². The zero-order chi connectivity index (χ0) is 17.6. The maximum atomic E-state index is 11.3. The predicted molar refractivity (Wildman–Crippen MR) is 103 cm³/mol. The molecular formula is C23H40O2. The quantitative estimate of drug-likeness (QED) is 0.529. The lowest BCUT2D eigenvalue weighted by Gasteiger charge is -2.41. The number of rotatable bonds is 5. The predicted octanol–water partition coefficient (Wildman–Crippen LogP) is 6.52. The number of esters is 1. The molecule has 3 fully saturated rings. The average molecular weight is 349 g/mol. The fraction of sp³-hybridized carbons (Fsp3) is 0.957. The Bertz CT molecular complexity index is 402. The summed E-state index contributed by atoms with van der Waals surface area (Å²) in [6.45, 7) is 3.90. The number of carbonyl (C=O) groups is 1. The van der Waals surface area contributed by atoms with Crippen LogP contribution in [0.2, 0.25) is 0 Å². The van der Waals surface area contributed by atoms with Gasteiger partial charge in [-0.1, -0.05) is 32.6 Å². The molecule has 0 saturated heterocycles. The molecule has 144 valence electrons. The highest BCUT2D eigenvalue weighted by Crippen LogP contribution is 2.45. The zero-order valence-corrected chi connectivity index (χ0v) is 16.7. The SMILES string of the molecule is CCCC1CCC(C2CCC(C3CCCC(OC(C)=O)C3)CC2)CC1. The minimum absolute atomic E-state index is 0.0898. The molecule has 2 nitrogen and oxygen atoms in total.